The lowest BCUT2D eigenvalue weighted by molar-refractivity contribution is -0.110. The summed E-state index contributed by atoms with van der Waals surface area (Å²) in [6.07, 6.45) is 8.33. The molecule has 3 heterocycles. The van der Waals surface area contributed by atoms with Crippen LogP contribution in [0.3, 0.4) is 0 Å². The molecule has 10 heteroatoms. The van der Waals surface area contributed by atoms with Crippen LogP contribution in [0.5, 0.6) is 0 Å². The van der Waals surface area contributed by atoms with E-state index >= 15 is 0 Å². The Balaban J connectivity index is 1.46. The number of benzene rings is 1. The minimum atomic E-state index is -1.04. The molecular weight excluding hydrogens is 442 g/mol. The number of carboxylic acid groups (broad SMARTS) is 1. The first kappa shape index (κ1) is 22.3. The minimum absolute atomic E-state index is 0.128. The molecule has 0 aliphatic carbocycles. The molecule has 1 N–H and O–H groups in total. The van der Waals surface area contributed by atoms with Crippen molar-refractivity contribution >= 4 is 52.0 Å². The summed E-state index contributed by atoms with van der Waals surface area (Å²) in [6.45, 7) is 1.31. The molecule has 1 aliphatic rings. The van der Waals surface area contributed by atoms with Crippen molar-refractivity contribution in [2.75, 3.05) is 23.0 Å². The van der Waals surface area contributed by atoms with E-state index < -0.39 is 5.97 Å². The smallest absolute Gasteiger partial charge is 0.335 e. The second-order valence-corrected chi connectivity index (χ2v) is 8.26. The molecule has 9 nitrogen and oxygen atoms in total. The Kier molecular flexibility index (Phi) is 6.86. The van der Waals surface area contributed by atoms with Gasteiger partial charge in [0.1, 0.15) is 5.00 Å². The largest absolute Gasteiger partial charge is 0.478 e. The second kappa shape index (κ2) is 10.2. The number of hydrazine groups is 1. The molecule has 0 bridgehead atoms. The Labute approximate surface area is 194 Å². The monoisotopic (exact) mass is 463 g/mol. The van der Waals surface area contributed by atoms with Crippen LogP contribution in [0.25, 0.3) is 6.08 Å². The first-order valence-corrected chi connectivity index (χ1v) is 11.0. The van der Waals surface area contributed by atoms with E-state index in [4.69, 9.17) is 5.11 Å². The van der Waals surface area contributed by atoms with Gasteiger partial charge in [0.25, 0.3) is 0 Å². The Morgan fingerprint density at radius 3 is 2.39 bits per heavy atom. The molecule has 1 aliphatic heterocycles. The first-order valence-electron chi connectivity index (χ1n) is 10.2. The third-order valence-corrected chi connectivity index (χ3v) is 6.23. The Hall–Kier alpha value is -3.89. The zero-order valence-corrected chi connectivity index (χ0v) is 18.4. The van der Waals surface area contributed by atoms with Gasteiger partial charge in [0.05, 0.1) is 17.5 Å². The SMILES string of the molecule is O=CN(c1ccc(C(=O)O)cc1)c1cnc(N(C=O)N2CCC(=Cc3ccccn3)CC2)s1. The number of pyridine rings is 1. The van der Waals surface area contributed by atoms with Gasteiger partial charge in [-0.3, -0.25) is 19.5 Å². The average molecular weight is 464 g/mol. The minimum Gasteiger partial charge on any atom is -0.478 e. The van der Waals surface area contributed by atoms with Crippen molar-refractivity contribution in [2.45, 2.75) is 12.8 Å². The van der Waals surface area contributed by atoms with Crippen molar-refractivity contribution in [3.05, 3.63) is 71.7 Å². The van der Waals surface area contributed by atoms with Gasteiger partial charge in [-0.05, 0) is 55.3 Å². The number of amides is 2. The van der Waals surface area contributed by atoms with Gasteiger partial charge >= 0.3 is 5.97 Å². The van der Waals surface area contributed by atoms with Crippen molar-refractivity contribution in [1.82, 2.24) is 15.0 Å². The van der Waals surface area contributed by atoms with E-state index in [0.717, 1.165) is 24.9 Å². The molecule has 4 rings (SSSR count). The zero-order valence-electron chi connectivity index (χ0n) is 17.6. The van der Waals surface area contributed by atoms with E-state index in [1.807, 2.05) is 23.2 Å². The van der Waals surface area contributed by atoms with Gasteiger partial charge in [0.2, 0.25) is 18.0 Å². The van der Waals surface area contributed by atoms with E-state index in [1.165, 1.54) is 45.1 Å². The number of aromatic carboxylic acids is 1. The van der Waals surface area contributed by atoms with Crippen LogP contribution in [0, 0.1) is 0 Å². The highest BCUT2D eigenvalue weighted by molar-refractivity contribution is 7.19. The summed E-state index contributed by atoms with van der Waals surface area (Å²) in [4.78, 5) is 44.7. The lowest BCUT2D eigenvalue weighted by Crippen LogP contribution is -2.45. The molecule has 168 valence electrons. The third kappa shape index (κ3) is 5.13. The summed E-state index contributed by atoms with van der Waals surface area (Å²) in [6, 6.07) is 11.7. The van der Waals surface area contributed by atoms with Crippen LogP contribution in [0.2, 0.25) is 0 Å². The first-order chi connectivity index (χ1) is 16.1. The summed E-state index contributed by atoms with van der Waals surface area (Å²) < 4.78 is 0. The molecule has 0 unspecified atom stereocenters. The molecule has 2 amide bonds. The molecule has 2 aromatic heterocycles. The van der Waals surface area contributed by atoms with E-state index in [-0.39, 0.29) is 5.56 Å². The Morgan fingerprint density at radius 1 is 1.03 bits per heavy atom. The summed E-state index contributed by atoms with van der Waals surface area (Å²) in [5.41, 5.74) is 2.82. The number of carbonyl (C=O) groups is 3. The van der Waals surface area contributed by atoms with Crippen molar-refractivity contribution in [3.8, 4) is 0 Å². The number of hydrogen-bond acceptors (Lipinski definition) is 7. The van der Waals surface area contributed by atoms with Crippen LogP contribution in [0.4, 0.5) is 15.8 Å². The summed E-state index contributed by atoms with van der Waals surface area (Å²) in [5, 5.41) is 13.4. The maximum absolute atomic E-state index is 11.9. The molecule has 3 aromatic rings. The molecule has 0 saturated carbocycles. The molecule has 1 saturated heterocycles. The lowest BCUT2D eigenvalue weighted by Gasteiger charge is -2.34. The fourth-order valence-electron chi connectivity index (χ4n) is 3.52. The molecule has 0 spiro atoms. The molecule has 0 radical (unpaired) electrons. The van der Waals surface area contributed by atoms with E-state index in [1.54, 1.807) is 18.3 Å². The third-order valence-electron chi connectivity index (χ3n) is 5.24. The van der Waals surface area contributed by atoms with Crippen molar-refractivity contribution < 1.29 is 19.5 Å². The number of aromatic nitrogens is 2. The number of piperidine rings is 1. The van der Waals surface area contributed by atoms with Crippen LogP contribution in [-0.4, -0.2) is 52.0 Å². The van der Waals surface area contributed by atoms with Crippen LogP contribution in [0.15, 0.2) is 60.4 Å². The van der Waals surface area contributed by atoms with Crippen molar-refractivity contribution in [2.24, 2.45) is 0 Å². The highest BCUT2D eigenvalue weighted by atomic mass is 32.1. The second-order valence-electron chi connectivity index (χ2n) is 7.27. The number of hydrogen-bond donors (Lipinski definition) is 1. The summed E-state index contributed by atoms with van der Waals surface area (Å²) >= 11 is 1.20. The molecule has 1 aromatic carbocycles. The molecular formula is C23H21N5O4S. The van der Waals surface area contributed by atoms with Gasteiger partial charge in [0.15, 0.2) is 0 Å². The van der Waals surface area contributed by atoms with Gasteiger partial charge in [-0.25, -0.2) is 19.8 Å². The van der Waals surface area contributed by atoms with Gasteiger partial charge in [-0.1, -0.05) is 23.0 Å². The predicted octanol–water partition coefficient (Wildman–Crippen LogP) is 3.59. The topological polar surface area (TPSA) is 107 Å². The zero-order chi connectivity index (χ0) is 23.2. The number of carbonyl (C=O) groups excluding carboxylic acids is 2. The summed E-state index contributed by atoms with van der Waals surface area (Å²) in [5.74, 6) is -1.04. The average Bonchev–Trinajstić information content (AvgIpc) is 3.31. The quantitative estimate of drug-likeness (QED) is 0.509. The van der Waals surface area contributed by atoms with Crippen molar-refractivity contribution in [3.63, 3.8) is 0 Å². The molecule has 0 atom stereocenters. The van der Waals surface area contributed by atoms with Crippen LogP contribution in [0.1, 0.15) is 28.9 Å². The maximum atomic E-state index is 11.9. The normalized spacial score (nSPS) is 13.9. The number of carboxylic acids is 1. The summed E-state index contributed by atoms with van der Waals surface area (Å²) in [7, 11) is 0. The number of rotatable bonds is 8. The van der Waals surface area contributed by atoms with Gasteiger partial charge < -0.3 is 5.11 Å². The highest BCUT2D eigenvalue weighted by Gasteiger charge is 2.24. The van der Waals surface area contributed by atoms with E-state index in [0.29, 0.717) is 35.3 Å². The number of nitrogens with zero attached hydrogens (tertiary/aromatic N) is 5. The number of anilines is 3. The Bertz CT molecular complexity index is 1150. The van der Waals surface area contributed by atoms with Gasteiger partial charge in [0, 0.05) is 25.0 Å². The highest BCUT2D eigenvalue weighted by Crippen LogP contribution is 2.34. The molecule has 1 fully saturated rings. The van der Waals surface area contributed by atoms with Crippen LogP contribution >= 0.6 is 11.3 Å². The number of thiazole rings is 1. The predicted molar refractivity (Wildman–Crippen MR) is 125 cm³/mol. The van der Waals surface area contributed by atoms with E-state index in [9.17, 15) is 14.4 Å². The standard InChI is InChI=1S/C23H21N5O4S/c29-15-27(20-6-4-18(5-7-20)22(31)32)21-14-25-23(33-21)28(16-30)26-11-8-17(9-12-26)13-19-3-1-2-10-24-19/h1-7,10,13-16H,8-9,11-12H2,(H,31,32). The molecule has 33 heavy (non-hydrogen) atoms. The van der Waals surface area contributed by atoms with Crippen LogP contribution in [-0.2, 0) is 9.59 Å². The maximum Gasteiger partial charge on any atom is 0.335 e. The van der Waals surface area contributed by atoms with Crippen LogP contribution < -0.4 is 9.91 Å². The van der Waals surface area contributed by atoms with Crippen molar-refractivity contribution in [1.29, 1.82) is 0 Å². The van der Waals surface area contributed by atoms with E-state index in [2.05, 4.69) is 16.0 Å². The van der Waals surface area contributed by atoms with Gasteiger partial charge in [-0.2, -0.15) is 0 Å². The van der Waals surface area contributed by atoms with Gasteiger partial charge in [-0.15, -0.1) is 0 Å². The lowest BCUT2D eigenvalue weighted by atomic mass is 10.0. The Morgan fingerprint density at radius 2 is 1.79 bits per heavy atom. The fourth-order valence-corrected chi connectivity index (χ4v) is 4.42. The fraction of sp³-hybridized carbons (Fsp3) is 0.174.